The molecule has 0 aliphatic carbocycles. The van der Waals surface area contributed by atoms with Gasteiger partial charge in [0, 0.05) is 35.7 Å². The molecule has 1 aromatic heterocycles. The van der Waals surface area contributed by atoms with Crippen LogP contribution in [0.2, 0.25) is 5.02 Å². The molecular formula is C18H18ClN3O3S. The van der Waals surface area contributed by atoms with Crippen LogP contribution in [0.15, 0.2) is 47.4 Å². The summed E-state index contributed by atoms with van der Waals surface area (Å²) < 4.78 is 26.0. The third-order valence-electron chi connectivity index (χ3n) is 4.03. The third-order valence-corrected chi connectivity index (χ3v) is 6.23. The highest BCUT2D eigenvalue weighted by Gasteiger charge is 2.20. The summed E-state index contributed by atoms with van der Waals surface area (Å²) in [4.78, 5) is 15.7. The van der Waals surface area contributed by atoms with E-state index in [4.69, 9.17) is 11.6 Å². The van der Waals surface area contributed by atoms with E-state index in [1.54, 1.807) is 37.3 Å². The molecule has 136 valence electrons. The summed E-state index contributed by atoms with van der Waals surface area (Å²) in [7, 11) is -0.660. The van der Waals surface area contributed by atoms with Gasteiger partial charge in [-0.25, -0.2) is 12.7 Å². The van der Waals surface area contributed by atoms with E-state index in [0.717, 1.165) is 15.2 Å². The lowest BCUT2D eigenvalue weighted by molar-refractivity contribution is 0.102. The van der Waals surface area contributed by atoms with Crippen molar-refractivity contribution in [3.8, 4) is 0 Å². The summed E-state index contributed by atoms with van der Waals surface area (Å²) >= 11 is 5.96. The number of H-pyrrole nitrogens is 1. The van der Waals surface area contributed by atoms with Gasteiger partial charge in [-0.3, -0.25) is 4.79 Å². The van der Waals surface area contributed by atoms with Crippen molar-refractivity contribution in [3.05, 3.63) is 58.7 Å². The molecule has 1 amide bonds. The van der Waals surface area contributed by atoms with Crippen molar-refractivity contribution in [2.24, 2.45) is 0 Å². The Balaban J connectivity index is 1.91. The van der Waals surface area contributed by atoms with Crippen molar-refractivity contribution in [1.29, 1.82) is 0 Å². The number of nitrogens with zero attached hydrogens (tertiary/aromatic N) is 1. The van der Waals surface area contributed by atoms with Crippen molar-refractivity contribution >= 4 is 44.1 Å². The molecule has 0 fully saturated rings. The molecule has 2 N–H and O–H groups in total. The number of carbonyl (C=O) groups excluding carboxylic acids is 1. The number of aromatic amines is 1. The fourth-order valence-corrected chi connectivity index (χ4v) is 3.89. The molecule has 0 aliphatic heterocycles. The lowest BCUT2D eigenvalue weighted by atomic mass is 10.2. The Morgan fingerprint density at radius 1 is 1.12 bits per heavy atom. The second kappa shape index (κ2) is 6.75. The van der Waals surface area contributed by atoms with Crippen LogP contribution in [-0.2, 0) is 10.0 Å². The fourth-order valence-electron chi connectivity index (χ4n) is 2.57. The maximum atomic E-state index is 12.5. The third kappa shape index (κ3) is 3.46. The second-order valence-corrected chi connectivity index (χ2v) is 8.69. The van der Waals surface area contributed by atoms with E-state index in [2.05, 4.69) is 10.3 Å². The van der Waals surface area contributed by atoms with Crippen LogP contribution >= 0.6 is 11.6 Å². The molecule has 0 bridgehead atoms. The number of halogens is 1. The number of aryl methyl sites for hydroxylation is 1. The molecule has 0 atom stereocenters. The summed E-state index contributed by atoms with van der Waals surface area (Å²) in [6.45, 7) is 1.71. The number of rotatable bonds is 4. The molecule has 3 aromatic rings. The first-order valence-electron chi connectivity index (χ1n) is 7.81. The number of carbonyl (C=O) groups is 1. The predicted octanol–water partition coefficient (Wildman–Crippen LogP) is 3.63. The minimum atomic E-state index is -3.60. The number of fused-ring (bicyclic) bond motifs is 1. The molecule has 0 aliphatic rings. The van der Waals surface area contributed by atoms with E-state index in [-0.39, 0.29) is 10.8 Å². The van der Waals surface area contributed by atoms with Gasteiger partial charge in [0.15, 0.2) is 0 Å². The van der Waals surface area contributed by atoms with Gasteiger partial charge in [0.25, 0.3) is 5.91 Å². The second-order valence-electron chi connectivity index (χ2n) is 6.14. The van der Waals surface area contributed by atoms with Gasteiger partial charge in [0.1, 0.15) is 5.69 Å². The van der Waals surface area contributed by atoms with E-state index >= 15 is 0 Å². The van der Waals surface area contributed by atoms with Crippen LogP contribution in [0, 0.1) is 6.92 Å². The van der Waals surface area contributed by atoms with Crippen LogP contribution in [0.5, 0.6) is 0 Å². The average Bonchev–Trinajstić information content (AvgIpc) is 2.99. The largest absolute Gasteiger partial charge is 0.350 e. The molecule has 2 aromatic carbocycles. The molecule has 8 heteroatoms. The number of amides is 1. The lowest BCUT2D eigenvalue weighted by Crippen LogP contribution is -2.23. The molecule has 0 saturated heterocycles. The zero-order valence-electron chi connectivity index (χ0n) is 14.5. The van der Waals surface area contributed by atoms with Crippen molar-refractivity contribution in [3.63, 3.8) is 0 Å². The zero-order chi connectivity index (χ0) is 19.1. The summed E-state index contributed by atoms with van der Waals surface area (Å²) in [6.07, 6.45) is 0. The van der Waals surface area contributed by atoms with Gasteiger partial charge in [-0.1, -0.05) is 23.7 Å². The Morgan fingerprint density at radius 3 is 2.54 bits per heavy atom. The van der Waals surface area contributed by atoms with Gasteiger partial charge in [-0.05, 0) is 42.8 Å². The Labute approximate surface area is 156 Å². The van der Waals surface area contributed by atoms with Crippen molar-refractivity contribution in [2.75, 3.05) is 19.4 Å². The van der Waals surface area contributed by atoms with Crippen LogP contribution < -0.4 is 5.32 Å². The molecule has 3 rings (SSSR count). The van der Waals surface area contributed by atoms with Crippen LogP contribution in [-0.4, -0.2) is 37.7 Å². The van der Waals surface area contributed by atoms with Gasteiger partial charge in [0.2, 0.25) is 10.0 Å². The van der Waals surface area contributed by atoms with E-state index in [0.29, 0.717) is 22.0 Å². The fraction of sp³-hybridized carbons (Fsp3) is 0.167. The number of aromatic nitrogens is 1. The molecule has 0 unspecified atom stereocenters. The highest BCUT2D eigenvalue weighted by Crippen LogP contribution is 2.24. The number of benzene rings is 2. The topological polar surface area (TPSA) is 82.3 Å². The average molecular weight is 392 g/mol. The summed E-state index contributed by atoms with van der Waals surface area (Å²) in [6, 6.07) is 11.8. The van der Waals surface area contributed by atoms with E-state index < -0.39 is 10.0 Å². The normalized spacial score (nSPS) is 11.9. The van der Waals surface area contributed by atoms with E-state index in [1.807, 2.05) is 6.07 Å². The predicted molar refractivity (Wildman–Crippen MR) is 103 cm³/mol. The first-order valence-corrected chi connectivity index (χ1v) is 9.63. The van der Waals surface area contributed by atoms with Crippen LogP contribution in [0.25, 0.3) is 10.9 Å². The van der Waals surface area contributed by atoms with Gasteiger partial charge in [-0.15, -0.1) is 0 Å². The molecular weight excluding hydrogens is 374 g/mol. The molecule has 0 radical (unpaired) electrons. The summed E-state index contributed by atoms with van der Waals surface area (Å²) in [5.41, 5.74) is 2.12. The molecule has 0 spiro atoms. The SMILES string of the molecule is Cc1ccc(NC(=O)c2cc3ccc(Cl)cc3[nH]2)cc1S(=O)(=O)N(C)C. The van der Waals surface area contributed by atoms with Gasteiger partial charge in [-0.2, -0.15) is 0 Å². The van der Waals surface area contributed by atoms with E-state index in [9.17, 15) is 13.2 Å². The molecule has 0 saturated carbocycles. The van der Waals surface area contributed by atoms with Gasteiger partial charge in [0.05, 0.1) is 4.90 Å². The standard InChI is InChI=1S/C18H18ClN3O3S/c1-11-4-7-14(10-17(11)26(24,25)22(2)3)20-18(23)16-8-12-5-6-13(19)9-15(12)21-16/h4-10,21H,1-3H3,(H,20,23). The Hall–Kier alpha value is -2.35. The number of hydrogen-bond donors (Lipinski definition) is 2. The minimum Gasteiger partial charge on any atom is -0.350 e. The smallest absolute Gasteiger partial charge is 0.272 e. The quantitative estimate of drug-likeness (QED) is 0.712. The highest BCUT2D eigenvalue weighted by molar-refractivity contribution is 7.89. The van der Waals surface area contributed by atoms with Crippen molar-refractivity contribution in [2.45, 2.75) is 11.8 Å². The number of anilines is 1. The lowest BCUT2D eigenvalue weighted by Gasteiger charge is -2.15. The zero-order valence-corrected chi connectivity index (χ0v) is 16.1. The highest BCUT2D eigenvalue weighted by atomic mass is 35.5. The molecule has 26 heavy (non-hydrogen) atoms. The van der Waals surface area contributed by atoms with Gasteiger partial charge < -0.3 is 10.3 Å². The maximum absolute atomic E-state index is 12.5. The van der Waals surface area contributed by atoms with E-state index in [1.165, 1.54) is 20.2 Å². The number of hydrogen-bond acceptors (Lipinski definition) is 3. The minimum absolute atomic E-state index is 0.156. The maximum Gasteiger partial charge on any atom is 0.272 e. The Bertz CT molecular complexity index is 1100. The summed E-state index contributed by atoms with van der Waals surface area (Å²) in [5, 5.41) is 4.16. The Morgan fingerprint density at radius 2 is 1.85 bits per heavy atom. The first-order chi connectivity index (χ1) is 12.2. The number of sulfonamides is 1. The van der Waals surface area contributed by atoms with Crippen LogP contribution in [0.4, 0.5) is 5.69 Å². The monoisotopic (exact) mass is 391 g/mol. The van der Waals surface area contributed by atoms with Gasteiger partial charge >= 0.3 is 0 Å². The first kappa shape index (κ1) is 18.4. The number of nitrogens with one attached hydrogen (secondary N) is 2. The van der Waals surface area contributed by atoms with Crippen molar-refractivity contribution < 1.29 is 13.2 Å². The molecule has 1 heterocycles. The van der Waals surface area contributed by atoms with Crippen molar-refractivity contribution in [1.82, 2.24) is 9.29 Å². The van der Waals surface area contributed by atoms with Crippen LogP contribution in [0.1, 0.15) is 16.1 Å². The molecule has 6 nitrogen and oxygen atoms in total. The summed E-state index contributed by atoms with van der Waals surface area (Å²) in [5.74, 6) is -0.366. The van der Waals surface area contributed by atoms with Crippen LogP contribution in [0.3, 0.4) is 0 Å². The Kier molecular flexibility index (Phi) is 4.79.